The van der Waals surface area contributed by atoms with Gasteiger partial charge in [0.05, 0.1) is 5.56 Å². The molecule has 3 aromatic rings. The minimum Gasteiger partial charge on any atom is -0.383 e. The number of rotatable bonds is 2. The van der Waals surface area contributed by atoms with Crippen LogP contribution in [0.4, 0.5) is 5.82 Å². The Morgan fingerprint density at radius 1 is 1.05 bits per heavy atom. The van der Waals surface area contributed by atoms with Crippen LogP contribution in [0.1, 0.15) is 11.3 Å². The molecule has 0 unspecified atom stereocenters. The SMILES string of the molecule is Cc1ccc(-c2c(-c3cccnc3C)nn(C)c2N)cc1. The zero-order valence-corrected chi connectivity index (χ0v) is 12.5. The van der Waals surface area contributed by atoms with Gasteiger partial charge in [0, 0.05) is 24.5 Å². The molecule has 1 aromatic carbocycles. The number of aryl methyl sites for hydroxylation is 3. The van der Waals surface area contributed by atoms with E-state index in [1.807, 2.05) is 26.1 Å². The van der Waals surface area contributed by atoms with Crippen LogP contribution in [0.3, 0.4) is 0 Å². The van der Waals surface area contributed by atoms with Crippen molar-refractivity contribution in [2.24, 2.45) is 7.05 Å². The van der Waals surface area contributed by atoms with Gasteiger partial charge in [0.1, 0.15) is 11.5 Å². The van der Waals surface area contributed by atoms with Gasteiger partial charge in [0.25, 0.3) is 0 Å². The minimum absolute atomic E-state index is 0.664. The van der Waals surface area contributed by atoms with Crippen LogP contribution < -0.4 is 5.73 Å². The third kappa shape index (κ3) is 2.29. The Hall–Kier alpha value is -2.62. The van der Waals surface area contributed by atoms with Crippen molar-refractivity contribution in [3.8, 4) is 22.4 Å². The Morgan fingerprint density at radius 2 is 1.76 bits per heavy atom. The van der Waals surface area contributed by atoms with Crippen LogP contribution in [0.5, 0.6) is 0 Å². The second-order valence-corrected chi connectivity index (χ2v) is 5.23. The lowest BCUT2D eigenvalue weighted by Crippen LogP contribution is -1.98. The molecule has 2 aromatic heterocycles. The standard InChI is InChI=1S/C17H18N4/c1-11-6-8-13(9-7-11)15-16(20-21(3)17(15)18)14-5-4-10-19-12(14)2/h4-10H,18H2,1-3H3. The first-order valence-electron chi connectivity index (χ1n) is 6.89. The van der Waals surface area contributed by atoms with Gasteiger partial charge >= 0.3 is 0 Å². The first kappa shape index (κ1) is 13.4. The molecule has 3 rings (SSSR count). The summed E-state index contributed by atoms with van der Waals surface area (Å²) < 4.78 is 1.72. The summed E-state index contributed by atoms with van der Waals surface area (Å²) in [5, 5.41) is 4.59. The summed E-state index contributed by atoms with van der Waals surface area (Å²) >= 11 is 0. The number of aromatic nitrogens is 3. The van der Waals surface area contributed by atoms with E-state index < -0.39 is 0 Å². The quantitative estimate of drug-likeness (QED) is 0.782. The summed E-state index contributed by atoms with van der Waals surface area (Å²) in [6, 6.07) is 12.3. The summed E-state index contributed by atoms with van der Waals surface area (Å²) in [4.78, 5) is 4.35. The van der Waals surface area contributed by atoms with Crippen molar-refractivity contribution < 1.29 is 0 Å². The van der Waals surface area contributed by atoms with Gasteiger partial charge in [-0.05, 0) is 31.5 Å². The minimum atomic E-state index is 0.664. The first-order chi connectivity index (χ1) is 10.1. The smallest absolute Gasteiger partial charge is 0.129 e. The summed E-state index contributed by atoms with van der Waals surface area (Å²) in [6.45, 7) is 4.06. The van der Waals surface area contributed by atoms with Crippen molar-refractivity contribution in [3.05, 3.63) is 53.9 Å². The molecule has 0 aliphatic heterocycles. The zero-order chi connectivity index (χ0) is 15.0. The Labute approximate surface area is 124 Å². The van der Waals surface area contributed by atoms with Crippen LogP contribution >= 0.6 is 0 Å². The number of nitrogens with zero attached hydrogens (tertiary/aromatic N) is 3. The normalized spacial score (nSPS) is 10.8. The summed E-state index contributed by atoms with van der Waals surface area (Å²) in [5.41, 5.74) is 12.3. The van der Waals surface area contributed by atoms with E-state index in [-0.39, 0.29) is 0 Å². The molecule has 2 heterocycles. The fourth-order valence-corrected chi connectivity index (χ4v) is 2.46. The maximum Gasteiger partial charge on any atom is 0.129 e. The third-order valence-corrected chi connectivity index (χ3v) is 3.69. The number of nitrogens with two attached hydrogens (primary N) is 1. The van der Waals surface area contributed by atoms with E-state index in [2.05, 4.69) is 41.3 Å². The highest BCUT2D eigenvalue weighted by molar-refractivity contribution is 5.88. The molecule has 21 heavy (non-hydrogen) atoms. The van der Waals surface area contributed by atoms with E-state index in [9.17, 15) is 0 Å². The highest BCUT2D eigenvalue weighted by Crippen LogP contribution is 2.36. The number of benzene rings is 1. The molecule has 4 nitrogen and oxygen atoms in total. The Morgan fingerprint density at radius 3 is 2.43 bits per heavy atom. The third-order valence-electron chi connectivity index (χ3n) is 3.69. The lowest BCUT2D eigenvalue weighted by Gasteiger charge is -2.06. The maximum absolute atomic E-state index is 6.24. The molecule has 0 radical (unpaired) electrons. The molecule has 0 fully saturated rings. The average molecular weight is 278 g/mol. The fourth-order valence-electron chi connectivity index (χ4n) is 2.46. The molecule has 0 atom stereocenters. The predicted molar refractivity (Wildman–Crippen MR) is 85.8 cm³/mol. The first-order valence-corrected chi connectivity index (χ1v) is 6.89. The number of anilines is 1. The largest absolute Gasteiger partial charge is 0.383 e. The van der Waals surface area contributed by atoms with Gasteiger partial charge in [-0.3, -0.25) is 9.67 Å². The van der Waals surface area contributed by atoms with Crippen LogP contribution in [-0.2, 0) is 7.05 Å². The van der Waals surface area contributed by atoms with Crippen LogP contribution in [0.25, 0.3) is 22.4 Å². The highest BCUT2D eigenvalue weighted by Gasteiger charge is 2.18. The maximum atomic E-state index is 6.24. The highest BCUT2D eigenvalue weighted by atomic mass is 15.3. The van der Waals surface area contributed by atoms with Gasteiger partial charge in [-0.15, -0.1) is 0 Å². The number of pyridine rings is 1. The molecule has 0 saturated carbocycles. The van der Waals surface area contributed by atoms with E-state index >= 15 is 0 Å². The summed E-state index contributed by atoms with van der Waals surface area (Å²) in [7, 11) is 1.86. The second-order valence-electron chi connectivity index (χ2n) is 5.23. The van der Waals surface area contributed by atoms with Crippen molar-refractivity contribution in [1.82, 2.24) is 14.8 Å². The molecular weight excluding hydrogens is 260 g/mol. The molecule has 0 saturated heterocycles. The number of hydrogen-bond donors (Lipinski definition) is 1. The van der Waals surface area contributed by atoms with Crippen LogP contribution in [0.15, 0.2) is 42.6 Å². The fraction of sp³-hybridized carbons (Fsp3) is 0.176. The van der Waals surface area contributed by atoms with Crippen molar-refractivity contribution in [1.29, 1.82) is 0 Å². The molecular formula is C17H18N4. The van der Waals surface area contributed by atoms with Crippen molar-refractivity contribution >= 4 is 5.82 Å². The Balaban J connectivity index is 2.26. The number of hydrogen-bond acceptors (Lipinski definition) is 3. The van der Waals surface area contributed by atoms with Gasteiger partial charge in [0.15, 0.2) is 0 Å². The Bertz CT molecular complexity index is 785. The monoisotopic (exact) mass is 278 g/mol. The zero-order valence-electron chi connectivity index (χ0n) is 12.5. The van der Waals surface area contributed by atoms with Crippen molar-refractivity contribution in [2.45, 2.75) is 13.8 Å². The van der Waals surface area contributed by atoms with E-state index in [1.165, 1.54) is 5.56 Å². The van der Waals surface area contributed by atoms with E-state index in [0.717, 1.165) is 28.1 Å². The molecule has 0 bridgehead atoms. The van der Waals surface area contributed by atoms with Crippen LogP contribution in [0, 0.1) is 13.8 Å². The lowest BCUT2D eigenvalue weighted by molar-refractivity contribution is 0.782. The Kier molecular flexibility index (Phi) is 3.22. The van der Waals surface area contributed by atoms with E-state index in [1.54, 1.807) is 10.9 Å². The van der Waals surface area contributed by atoms with E-state index in [4.69, 9.17) is 5.73 Å². The topological polar surface area (TPSA) is 56.7 Å². The van der Waals surface area contributed by atoms with Crippen molar-refractivity contribution in [2.75, 3.05) is 5.73 Å². The van der Waals surface area contributed by atoms with Crippen molar-refractivity contribution in [3.63, 3.8) is 0 Å². The second kappa shape index (κ2) is 5.05. The van der Waals surface area contributed by atoms with Crippen LogP contribution in [-0.4, -0.2) is 14.8 Å². The van der Waals surface area contributed by atoms with Gasteiger partial charge in [-0.1, -0.05) is 29.8 Å². The lowest BCUT2D eigenvalue weighted by atomic mass is 9.99. The molecule has 106 valence electrons. The average Bonchev–Trinajstić information content (AvgIpc) is 2.76. The molecule has 4 heteroatoms. The summed E-state index contributed by atoms with van der Waals surface area (Å²) in [5.74, 6) is 0.664. The van der Waals surface area contributed by atoms with Gasteiger partial charge in [-0.2, -0.15) is 5.10 Å². The van der Waals surface area contributed by atoms with E-state index in [0.29, 0.717) is 5.82 Å². The number of nitrogen functional groups attached to an aromatic ring is 1. The molecule has 0 amide bonds. The molecule has 0 aliphatic carbocycles. The van der Waals surface area contributed by atoms with Crippen LogP contribution in [0.2, 0.25) is 0 Å². The predicted octanol–water partition coefficient (Wildman–Crippen LogP) is 3.35. The molecule has 2 N–H and O–H groups in total. The molecule has 0 aliphatic rings. The van der Waals surface area contributed by atoms with Gasteiger partial charge < -0.3 is 5.73 Å². The summed E-state index contributed by atoms with van der Waals surface area (Å²) in [6.07, 6.45) is 1.79. The van der Waals surface area contributed by atoms with Gasteiger partial charge in [0.2, 0.25) is 0 Å². The molecule has 0 spiro atoms. The van der Waals surface area contributed by atoms with Gasteiger partial charge in [-0.25, -0.2) is 0 Å².